The van der Waals surface area contributed by atoms with Gasteiger partial charge in [-0.3, -0.25) is 9.69 Å². The minimum absolute atomic E-state index is 0.0425. The number of rotatable bonds is 3. The van der Waals surface area contributed by atoms with Crippen molar-refractivity contribution in [1.29, 1.82) is 0 Å². The zero-order chi connectivity index (χ0) is 18.4. The molecule has 1 atom stereocenters. The second-order valence-electron chi connectivity index (χ2n) is 7.12. The summed E-state index contributed by atoms with van der Waals surface area (Å²) in [5.74, 6) is 0.843. The number of benzene rings is 1. The van der Waals surface area contributed by atoms with Gasteiger partial charge in [0.25, 0.3) is 5.56 Å². The fourth-order valence-corrected chi connectivity index (χ4v) is 3.95. The maximum absolute atomic E-state index is 12.7. The highest BCUT2D eigenvalue weighted by Crippen LogP contribution is 2.34. The largest absolute Gasteiger partial charge is 0.467 e. The molecule has 0 amide bonds. The van der Waals surface area contributed by atoms with E-state index >= 15 is 0 Å². The summed E-state index contributed by atoms with van der Waals surface area (Å²) in [6.45, 7) is 3.39. The van der Waals surface area contributed by atoms with Gasteiger partial charge in [0.05, 0.1) is 18.3 Å². The zero-order valence-corrected chi connectivity index (χ0v) is 15.0. The van der Waals surface area contributed by atoms with Crippen molar-refractivity contribution in [1.82, 2.24) is 19.9 Å². The van der Waals surface area contributed by atoms with E-state index < -0.39 is 0 Å². The fourth-order valence-electron chi connectivity index (χ4n) is 3.95. The van der Waals surface area contributed by atoms with Crippen molar-refractivity contribution in [3.05, 3.63) is 87.6 Å². The summed E-state index contributed by atoms with van der Waals surface area (Å²) in [6.07, 6.45) is 4.28. The van der Waals surface area contributed by atoms with Gasteiger partial charge < -0.3 is 14.4 Å². The first-order valence-corrected chi connectivity index (χ1v) is 9.11. The van der Waals surface area contributed by atoms with Crippen LogP contribution in [0.3, 0.4) is 0 Å². The highest BCUT2D eigenvalue weighted by atomic mass is 16.3. The summed E-state index contributed by atoms with van der Waals surface area (Å²) in [6, 6.07) is 11.9. The van der Waals surface area contributed by atoms with Crippen LogP contribution < -0.4 is 5.56 Å². The number of aryl methyl sites for hydroxylation is 1. The van der Waals surface area contributed by atoms with E-state index in [1.165, 1.54) is 0 Å². The number of fused-ring (bicyclic) bond motifs is 2. The van der Waals surface area contributed by atoms with E-state index in [2.05, 4.69) is 32.0 Å². The molecule has 1 aliphatic rings. The summed E-state index contributed by atoms with van der Waals surface area (Å²) in [4.78, 5) is 25.7. The lowest BCUT2D eigenvalue weighted by Gasteiger charge is -2.33. The number of nitrogens with zero attached hydrogens (tertiary/aromatic N) is 2. The summed E-state index contributed by atoms with van der Waals surface area (Å²) >= 11 is 0. The van der Waals surface area contributed by atoms with Crippen LogP contribution in [0, 0.1) is 6.92 Å². The average molecular weight is 360 g/mol. The number of pyridine rings is 1. The summed E-state index contributed by atoms with van der Waals surface area (Å²) < 4.78 is 5.70. The molecule has 0 unspecified atom stereocenters. The Balaban J connectivity index is 1.55. The van der Waals surface area contributed by atoms with Crippen molar-refractivity contribution in [2.45, 2.75) is 25.9 Å². The summed E-state index contributed by atoms with van der Waals surface area (Å²) in [5.41, 5.74) is 4.83. The van der Waals surface area contributed by atoms with Gasteiger partial charge in [0.2, 0.25) is 0 Å². The SMILES string of the molecule is Cc1ccc2cc(CN3CCc4[nH]cnc4[C@H]3c3ccco3)c(=O)[nH]c2c1. The van der Waals surface area contributed by atoms with Crippen molar-refractivity contribution >= 4 is 10.9 Å². The molecule has 6 nitrogen and oxygen atoms in total. The van der Waals surface area contributed by atoms with Crippen molar-refractivity contribution < 1.29 is 4.42 Å². The maximum atomic E-state index is 12.7. The third-order valence-corrected chi connectivity index (χ3v) is 5.29. The lowest BCUT2D eigenvalue weighted by molar-refractivity contribution is 0.178. The van der Waals surface area contributed by atoms with Crippen LogP contribution in [-0.2, 0) is 13.0 Å². The molecule has 4 heterocycles. The Bertz CT molecular complexity index is 1160. The number of aromatic nitrogens is 3. The third kappa shape index (κ3) is 2.78. The number of aromatic amines is 2. The van der Waals surface area contributed by atoms with E-state index in [1.807, 2.05) is 31.2 Å². The van der Waals surface area contributed by atoms with Crippen LogP contribution in [0.4, 0.5) is 0 Å². The van der Waals surface area contributed by atoms with Crippen LogP contribution in [-0.4, -0.2) is 26.4 Å². The normalized spacial score (nSPS) is 17.3. The maximum Gasteiger partial charge on any atom is 0.252 e. The lowest BCUT2D eigenvalue weighted by Crippen LogP contribution is -2.37. The molecule has 0 bridgehead atoms. The molecule has 0 spiro atoms. The van der Waals surface area contributed by atoms with E-state index in [-0.39, 0.29) is 11.6 Å². The molecule has 0 saturated heterocycles. The number of nitrogens with one attached hydrogen (secondary N) is 2. The molecular formula is C21H20N4O2. The molecule has 0 radical (unpaired) electrons. The van der Waals surface area contributed by atoms with Crippen molar-refractivity contribution in [3.63, 3.8) is 0 Å². The van der Waals surface area contributed by atoms with E-state index in [9.17, 15) is 4.79 Å². The minimum Gasteiger partial charge on any atom is -0.467 e. The first kappa shape index (κ1) is 16.1. The second kappa shape index (κ2) is 6.25. The standard InChI is InChI=1S/C21H20N4O2/c1-13-4-5-14-10-15(21(26)24-17(14)9-13)11-25-7-6-16-19(23-12-22-16)20(25)18-3-2-8-27-18/h2-5,8-10,12,20H,6-7,11H2,1H3,(H,22,23)(H,24,26)/t20-/m1/s1. The Morgan fingerprint density at radius 1 is 1.30 bits per heavy atom. The van der Waals surface area contributed by atoms with Gasteiger partial charge in [-0.05, 0) is 42.1 Å². The topological polar surface area (TPSA) is 77.9 Å². The molecule has 1 aromatic carbocycles. The molecule has 3 aromatic heterocycles. The van der Waals surface area contributed by atoms with Gasteiger partial charge in [-0.1, -0.05) is 12.1 Å². The molecule has 0 aliphatic carbocycles. The summed E-state index contributed by atoms with van der Waals surface area (Å²) in [7, 11) is 0. The predicted octanol–water partition coefficient (Wildman–Crippen LogP) is 3.30. The van der Waals surface area contributed by atoms with Crippen molar-refractivity contribution in [2.75, 3.05) is 6.54 Å². The second-order valence-corrected chi connectivity index (χ2v) is 7.12. The van der Waals surface area contributed by atoms with Gasteiger partial charge in [0.15, 0.2) is 0 Å². The van der Waals surface area contributed by atoms with E-state index in [1.54, 1.807) is 12.6 Å². The van der Waals surface area contributed by atoms with Crippen LogP contribution >= 0.6 is 0 Å². The monoisotopic (exact) mass is 360 g/mol. The minimum atomic E-state index is -0.0943. The quantitative estimate of drug-likeness (QED) is 0.588. The number of hydrogen-bond donors (Lipinski definition) is 2. The van der Waals surface area contributed by atoms with E-state index in [0.29, 0.717) is 6.54 Å². The molecule has 4 aromatic rings. The number of hydrogen-bond acceptors (Lipinski definition) is 4. The van der Waals surface area contributed by atoms with Crippen molar-refractivity contribution in [2.24, 2.45) is 0 Å². The first-order chi connectivity index (χ1) is 13.2. The van der Waals surface area contributed by atoms with Crippen LogP contribution in [0.25, 0.3) is 10.9 Å². The summed E-state index contributed by atoms with van der Waals surface area (Å²) in [5, 5.41) is 1.04. The smallest absolute Gasteiger partial charge is 0.252 e. The van der Waals surface area contributed by atoms with E-state index in [0.717, 1.165) is 52.1 Å². The molecule has 5 rings (SSSR count). The lowest BCUT2D eigenvalue weighted by atomic mass is 9.99. The number of imidazole rings is 1. The van der Waals surface area contributed by atoms with Crippen LogP contribution in [0.1, 0.15) is 34.3 Å². The van der Waals surface area contributed by atoms with Gasteiger partial charge >= 0.3 is 0 Å². The Morgan fingerprint density at radius 2 is 2.22 bits per heavy atom. The van der Waals surface area contributed by atoms with Crippen LogP contribution in [0.2, 0.25) is 0 Å². The Hall–Kier alpha value is -3.12. The number of H-pyrrole nitrogens is 2. The first-order valence-electron chi connectivity index (χ1n) is 9.11. The Labute approximate surface area is 155 Å². The molecule has 0 fully saturated rings. The van der Waals surface area contributed by atoms with Gasteiger partial charge in [-0.2, -0.15) is 0 Å². The molecule has 27 heavy (non-hydrogen) atoms. The Kier molecular flexibility index (Phi) is 3.72. The molecule has 2 N–H and O–H groups in total. The van der Waals surface area contributed by atoms with Gasteiger partial charge in [-0.15, -0.1) is 0 Å². The number of furan rings is 1. The van der Waals surface area contributed by atoms with Crippen LogP contribution in [0.5, 0.6) is 0 Å². The molecule has 0 saturated carbocycles. The van der Waals surface area contributed by atoms with Gasteiger partial charge in [-0.25, -0.2) is 4.98 Å². The fraction of sp³-hybridized carbons (Fsp3) is 0.238. The molecule has 136 valence electrons. The zero-order valence-electron chi connectivity index (χ0n) is 15.0. The average Bonchev–Trinajstić information content (AvgIpc) is 3.34. The predicted molar refractivity (Wildman–Crippen MR) is 103 cm³/mol. The molecule has 1 aliphatic heterocycles. The third-order valence-electron chi connectivity index (χ3n) is 5.29. The highest BCUT2D eigenvalue weighted by Gasteiger charge is 2.33. The highest BCUT2D eigenvalue weighted by molar-refractivity contribution is 5.79. The van der Waals surface area contributed by atoms with Crippen LogP contribution in [0.15, 0.2) is 58.2 Å². The van der Waals surface area contributed by atoms with Gasteiger partial charge in [0.1, 0.15) is 11.8 Å². The van der Waals surface area contributed by atoms with Gasteiger partial charge in [0, 0.05) is 36.3 Å². The van der Waals surface area contributed by atoms with E-state index in [4.69, 9.17) is 4.42 Å². The molecular weight excluding hydrogens is 340 g/mol. The van der Waals surface area contributed by atoms with Crippen molar-refractivity contribution in [3.8, 4) is 0 Å². The Morgan fingerprint density at radius 3 is 3.07 bits per heavy atom. The molecule has 6 heteroatoms.